The Labute approximate surface area is 117 Å². The zero-order valence-corrected chi connectivity index (χ0v) is 11.9. The van der Waals surface area contributed by atoms with Crippen molar-refractivity contribution in [2.45, 2.75) is 24.0 Å². The predicted octanol–water partition coefficient (Wildman–Crippen LogP) is -0.862. The average Bonchev–Trinajstić information content (AvgIpc) is 2.46. The van der Waals surface area contributed by atoms with Gasteiger partial charge in [0.25, 0.3) is 0 Å². The lowest BCUT2D eigenvalue weighted by molar-refractivity contribution is -0.0750. The molecule has 112 valence electrons. The molecule has 1 aliphatic rings. The minimum absolute atomic E-state index is 0.0855. The highest BCUT2D eigenvalue weighted by atomic mass is 32.2. The molecule has 20 heavy (non-hydrogen) atoms. The van der Waals surface area contributed by atoms with Crippen LogP contribution < -0.4 is 11.3 Å². The molecule has 0 aromatic carbocycles. The highest BCUT2D eigenvalue weighted by Crippen LogP contribution is 2.21. The van der Waals surface area contributed by atoms with E-state index in [0.717, 1.165) is 0 Å². The molecule has 8 nitrogen and oxygen atoms in total. The van der Waals surface area contributed by atoms with Gasteiger partial charge in [-0.2, -0.15) is 4.31 Å². The van der Waals surface area contributed by atoms with Crippen LogP contribution in [-0.2, 0) is 14.8 Å². The number of aliphatic hydroxyl groups excluding tert-OH is 1. The number of hydrazine groups is 1. The molecule has 2 heterocycles. The molecule has 0 radical (unpaired) electrons. The first-order chi connectivity index (χ1) is 9.47. The highest BCUT2D eigenvalue weighted by Gasteiger charge is 2.33. The van der Waals surface area contributed by atoms with Crippen molar-refractivity contribution < 1.29 is 18.3 Å². The number of pyridine rings is 1. The number of morpholine rings is 1. The normalized spacial score (nSPS) is 24.6. The van der Waals surface area contributed by atoms with Gasteiger partial charge in [-0.05, 0) is 19.1 Å². The summed E-state index contributed by atoms with van der Waals surface area (Å²) in [7, 11) is -3.65. The number of nitrogens with two attached hydrogens (primary N) is 1. The lowest BCUT2D eigenvalue weighted by Gasteiger charge is -2.35. The van der Waals surface area contributed by atoms with E-state index in [0.29, 0.717) is 5.82 Å². The lowest BCUT2D eigenvalue weighted by Crippen LogP contribution is -2.50. The Bertz CT molecular complexity index is 548. The van der Waals surface area contributed by atoms with Gasteiger partial charge in [-0.25, -0.2) is 19.2 Å². The zero-order chi connectivity index (χ0) is 14.8. The summed E-state index contributed by atoms with van der Waals surface area (Å²) in [5.74, 6) is 5.57. The second-order valence-electron chi connectivity index (χ2n) is 4.60. The molecule has 9 heteroatoms. The van der Waals surface area contributed by atoms with Crippen LogP contribution in [0.25, 0.3) is 0 Å². The van der Waals surface area contributed by atoms with E-state index < -0.39 is 16.1 Å². The fourth-order valence-electron chi connectivity index (χ4n) is 2.07. The molecule has 0 bridgehead atoms. The third-order valence-corrected chi connectivity index (χ3v) is 4.83. The van der Waals surface area contributed by atoms with Crippen molar-refractivity contribution >= 4 is 15.8 Å². The number of nitrogens with zero attached hydrogens (tertiary/aromatic N) is 2. The SMILES string of the molecule is CC1CN(S(=O)(=O)c2ccc(NN)nc2)CC(CO)O1. The second-order valence-corrected chi connectivity index (χ2v) is 6.53. The number of rotatable bonds is 4. The summed E-state index contributed by atoms with van der Waals surface area (Å²) in [6.45, 7) is 1.92. The Morgan fingerprint density at radius 1 is 1.55 bits per heavy atom. The molecule has 4 N–H and O–H groups in total. The number of hydrogen-bond donors (Lipinski definition) is 3. The van der Waals surface area contributed by atoms with Gasteiger partial charge >= 0.3 is 0 Å². The average molecular weight is 302 g/mol. The summed E-state index contributed by atoms with van der Waals surface area (Å²) in [4.78, 5) is 3.98. The van der Waals surface area contributed by atoms with Crippen molar-refractivity contribution in [1.82, 2.24) is 9.29 Å². The molecule has 2 atom stereocenters. The largest absolute Gasteiger partial charge is 0.394 e. The van der Waals surface area contributed by atoms with Crippen LogP contribution in [0.5, 0.6) is 0 Å². The van der Waals surface area contributed by atoms with Gasteiger partial charge in [-0.1, -0.05) is 0 Å². The van der Waals surface area contributed by atoms with E-state index in [4.69, 9.17) is 15.7 Å². The Hall–Kier alpha value is -1.26. The Kier molecular flexibility index (Phi) is 4.55. The van der Waals surface area contributed by atoms with Crippen molar-refractivity contribution in [3.05, 3.63) is 18.3 Å². The molecule has 1 fully saturated rings. The summed E-state index contributed by atoms with van der Waals surface area (Å²) in [5, 5.41) is 9.15. The first-order valence-electron chi connectivity index (χ1n) is 6.16. The van der Waals surface area contributed by atoms with E-state index in [-0.39, 0.29) is 30.7 Å². The van der Waals surface area contributed by atoms with Crippen molar-refractivity contribution in [3.8, 4) is 0 Å². The molecule has 0 saturated carbocycles. The minimum Gasteiger partial charge on any atom is -0.394 e. The molecule has 1 aromatic rings. The molecule has 1 aromatic heterocycles. The standard InChI is InChI=1S/C11H18N4O4S/c1-8-5-15(6-9(7-16)19-8)20(17,18)10-2-3-11(14-12)13-4-10/h2-4,8-9,16H,5-7,12H2,1H3,(H,13,14). The third kappa shape index (κ3) is 3.07. The van der Waals surface area contributed by atoms with Crippen LogP contribution in [0.3, 0.4) is 0 Å². The van der Waals surface area contributed by atoms with Gasteiger partial charge in [0.05, 0.1) is 18.8 Å². The van der Waals surface area contributed by atoms with Crippen molar-refractivity contribution in [1.29, 1.82) is 0 Å². The summed E-state index contributed by atoms with van der Waals surface area (Å²) in [5.41, 5.74) is 2.34. The van der Waals surface area contributed by atoms with Gasteiger partial charge in [0, 0.05) is 19.3 Å². The quantitative estimate of drug-likeness (QED) is 0.489. The van der Waals surface area contributed by atoms with Crippen LogP contribution in [0, 0.1) is 0 Å². The van der Waals surface area contributed by atoms with Crippen molar-refractivity contribution in [2.24, 2.45) is 5.84 Å². The van der Waals surface area contributed by atoms with Gasteiger partial charge in [-0.3, -0.25) is 0 Å². The maximum atomic E-state index is 12.5. The maximum absolute atomic E-state index is 12.5. The van der Waals surface area contributed by atoms with Gasteiger partial charge in [-0.15, -0.1) is 0 Å². The molecule has 0 amide bonds. The van der Waals surface area contributed by atoms with Crippen LogP contribution in [0.15, 0.2) is 23.2 Å². The van der Waals surface area contributed by atoms with Gasteiger partial charge in [0.2, 0.25) is 10.0 Å². The first kappa shape index (κ1) is 15.1. The lowest BCUT2D eigenvalue weighted by atomic mass is 10.2. The van der Waals surface area contributed by atoms with Gasteiger partial charge < -0.3 is 15.3 Å². The summed E-state index contributed by atoms with van der Waals surface area (Å²) in [6.07, 6.45) is 0.471. The summed E-state index contributed by atoms with van der Waals surface area (Å²) >= 11 is 0. The molecule has 1 aliphatic heterocycles. The third-order valence-electron chi connectivity index (χ3n) is 3.02. The first-order valence-corrected chi connectivity index (χ1v) is 7.60. The number of ether oxygens (including phenoxy) is 1. The van der Waals surface area contributed by atoms with Crippen LogP contribution in [-0.4, -0.2) is 54.7 Å². The minimum atomic E-state index is -3.65. The van der Waals surface area contributed by atoms with E-state index in [1.807, 2.05) is 0 Å². The van der Waals surface area contributed by atoms with E-state index in [1.165, 1.54) is 22.6 Å². The van der Waals surface area contributed by atoms with Crippen molar-refractivity contribution in [2.75, 3.05) is 25.1 Å². The molecule has 2 rings (SSSR count). The predicted molar refractivity (Wildman–Crippen MR) is 72.2 cm³/mol. The molecular weight excluding hydrogens is 284 g/mol. The van der Waals surface area contributed by atoms with Gasteiger partial charge in [0.15, 0.2) is 0 Å². The fraction of sp³-hybridized carbons (Fsp3) is 0.545. The fourth-order valence-corrected chi connectivity index (χ4v) is 3.56. The number of hydrogen-bond acceptors (Lipinski definition) is 7. The topological polar surface area (TPSA) is 118 Å². The molecule has 0 spiro atoms. The van der Waals surface area contributed by atoms with Crippen LogP contribution >= 0.6 is 0 Å². The number of aromatic nitrogens is 1. The van der Waals surface area contributed by atoms with Gasteiger partial charge in [0.1, 0.15) is 10.7 Å². The number of aliphatic hydroxyl groups is 1. The smallest absolute Gasteiger partial charge is 0.244 e. The molecular formula is C11H18N4O4S. The maximum Gasteiger partial charge on any atom is 0.244 e. The molecule has 1 saturated heterocycles. The van der Waals surface area contributed by atoms with Crippen LogP contribution in [0.2, 0.25) is 0 Å². The zero-order valence-electron chi connectivity index (χ0n) is 11.1. The Morgan fingerprint density at radius 2 is 2.30 bits per heavy atom. The number of anilines is 1. The summed E-state index contributed by atoms with van der Waals surface area (Å²) < 4.78 is 31.7. The van der Waals surface area contributed by atoms with Crippen molar-refractivity contribution in [3.63, 3.8) is 0 Å². The molecule has 2 unspecified atom stereocenters. The van der Waals surface area contributed by atoms with E-state index in [2.05, 4.69) is 10.4 Å². The summed E-state index contributed by atoms with van der Waals surface area (Å²) in [6, 6.07) is 2.92. The van der Waals surface area contributed by atoms with Crippen LogP contribution in [0.4, 0.5) is 5.82 Å². The monoisotopic (exact) mass is 302 g/mol. The van der Waals surface area contributed by atoms with E-state index >= 15 is 0 Å². The highest BCUT2D eigenvalue weighted by molar-refractivity contribution is 7.89. The number of nitrogen functional groups attached to an aromatic ring is 1. The van der Waals surface area contributed by atoms with E-state index in [9.17, 15) is 8.42 Å². The Morgan fingerprint density at radius 3 is 2.85 bits per heavy atom. The number of sulfonamides is 1. The van der Waals surface area contributed by atoms with Crippen LogP contribution in [0.1, 0.15) is 6.92 Å². The number of nitrogens with one attached hydrogen (secondary N) is 1. The Balaban J connectivity index is 2.24. The molecule has 0 aliphatic carbocycles. The second kappa shape index (κ2) is 6.02. The van der Waals surface area contributed by atoms with E-state index in [1.54, 1.807) is 6.92 Å².